The van der Waals surface area contributed by atoms with Crippen LogP contribution in [0.4, 0.5) is 0 Å². The predicted molar refractivity (Wildman–Crippen MR) is 126 cm³/mol. The zero-order valence-corrected chi connectivity index (χ0v) is 21.1. The van der Waals surface area contributed by atoms with Gasteiger partial charge in [0, 0.05) is 6.04 Å². The van der Waals surface area contributed by atoms with Crippen molar-refractivity contribution in [1.82, 2.24) is 5.32 Å². The first-order valence-corrected chi connectivity index (χ1v) is 12.6. The Bertz CT molecular complexity index is 899. The SMILES string of the molecule is CCOC(=O)CC(C)NC(=O)c1cc(Oc2c(Br)cc(CPC)cc2Br)ccc1O. The summed E-state index contributed by atoms with van der Waals surface area (Å²) in [5.41, 5.74) is 1.24. The first kappa shape index (κ1) is 24.6. The Labute approximate surface area is 194 Å². The fourth-order valence-electron chi connectivity index (χ4n) is 2.72. The standard InChI is InChI=1S/C21H24Br2NO5P/c1-4-28-19(26)7-12(2)24-21(27)15-10-14(5-6-18(15)25)29-20-16(22)8-13(11-30-3)9-17(20)23/h5-6,8-10,12,25,30H,4,7,11H2,1-3H3,(H,24,27). The molecule has 0 aliphatic carbocycles. The molecule has 0 saturated carbocycles. The van der Waals surface area contributed by atoms with Gasteiger partial charge in [0.25, 0.3) is 5.91 Å². The summed E-state index contributed by atoms with van der Waals surface area (Å²) in [5, 5.41) is 12.8. The molecule has 162 valence electrons. The summed E-state index contributed by atoms with van der Waals surface area (Å²) < 4.78 is 12.4. The molecule has 0 radical (unpaired) electrons. The summed E-state index contributed by atoms with van der Waals surface area (Å²) in [4.78, 5) is 24.1. The van der Waals surface area contributed by atoms with Gasteiger partial charge >= 0.3 is 5.97 Å². The zero-order chi connectivity index (χ0) is 22.3. The van der Waals surface area contributed by atoms with Crippen LogP contribution < -0.4 is 10.1 Å². The topological polar surface area (TPSA) is 84.9 Å². The number of ether oxygens (including phenoxy) is 2. The van der Waals surface area contributed by atoms with Crippen LogP contribution in [-0.4, -0.2) is 36.3 Å². The van der Waals surface area contributed by atoms with Crippen molar-refractivity contribution in [2.75, 3.05) is 13.3 Å². The molecule has 2 aromatic rings. The third kappa shape index (κ3) is 6.96. The summed E-state index contributed by atoms with van der Waals surface area (Å²) in [6.45, 7) is 5.84. The van der Waals surface area contributed by atoms with Crippen LogP contribution in [0.3, 0.4) is 0 Å². The molecule has 1 amide bonds. The fraction of sp³-hybridized carbons (Fsp3) is 0.333. The van der Waals surface area contributed by atoms with Gasteiger partial charge in [0.15, 0.2) is 5.75 Å². The molecular formula is C21H24Br2NO5P. The van der Waals surface area contributed by atoms with E-state index in [0.29, 0.717) is 11.5 Å². The minimum Gasteiger partial charge on any atom is -0.507 e. The Morgan fingerprint density at radius 1 is 1.20 bits per heavy atom. The molecule has 6 nitrogen and oxygen atoms in total. The van der Waals surface area contributed by atoms with Crippen LogP contribution >= 0.6 is 40.4 Å². The molecule has 0 heterocycles. The zero-order valence-electron chi connectivity index (χ0n) is 16.9. The van der Waals surface area contributed by atoms with Crippen molar-refractivity contribution >= 4 is 52.3 Å². The van der Waals surface area contributed by atoms with E-state index in [0.717, 1.165) is 23.7 Å². The number of phenols is 1. The number of carbonyl (C=O) groups is 2. The van der Waals surface area contributed by atoms with Crippen LogP contribution in [0.5, 0.6) is 17.2 Å². The maximum Gasteiger partial charge on any atom is 0.307 e. The van der Waals surface area contributed by atoms with Crippen molar-refractivity contribution in [2.45, 2.75) is 32.5 Å². The lowest BCUT2D eigenvalue weighted by Gasteiger charge is -2.15. The van der Waals surface area contributed by atoms with Gasteiger partial charge in [0.1, 0.15) is 11.5 Å². The normalized spacial score (nSPS) is 12.0. The van der Waals surface area contributed by atoms with Crippen LogP contribution in [0.15, 0.2) is 39.3 Å². The average Bonchev–Trinajstić information content (AvgIpc) is 2.66. The molecule has 2 N–H and O–H groups in total. The van der Waals surface area contributed by atoms with Crippen molar-refractivity contribution in [2.24, 2.45) is 0 Å². The monoisotopic (exact) mass is 559 g/mol. The van der Waals surface area contributed by atoms with E-state index in [2.05, 4.69) is 43.8 Å². The number of esters is 1. The lowest BCUT2D eigenvalue weighted by atomic mass is 10.1. The largest absolute Gasteiger partial charge is 0.507 e. The summed E-state index contributed by atoms with van der Waals surface area (Å²) in [5.74, 6) is -0.116. The van der Waals surface area contributed by atoms with Gasteiger partial charge in [-0.25, -0.2) is 0 Å². The Morgan fingerprint density at radius 2 is 1.87 bits per heavy atom. The molecule has 0 aromatic heterocycles. The van der Waals surface area contributed by atoms with Gasteiger partial charge < -0.3 is 19.9 Å². The number of hydrogen-bond donors (Lipinski definition) is 2. The molecule has 2 aromatic carbocycles. The van der Waals surface area contributed by atoms with Crippen molar-refractivity contribution in [3.8, 4) is 17.2 Å². The number of aromatic hydroxyl groups is 1. The van der Waals surface area contributed by atoms with Gasteiger partial charge in [0.05, 0.1) is 27.5 Å². The summed E-state index contributed by atoms with van der Waals surface area (Å²) in [6.07, 6.45) is 1.02. The number of nitrogens with one attached hydrogen (secondary N) is 1. The summed E-state index contributed by atoms with van der Waals surface area (Å²) in [6, 6.07) is 7.99. The highest BCUT2D eigenvalue weighted by Gasteiger charge is 2.18. The van der Waals surface area contributed by atoms with Crippen LogP contribution in [-0.2, 0) is 15.7 Å². The number of phenolic OH excluding ortho intramolecular Hbond substituents is 1. The molecule has 0 bridgehead atoms. The van der Waals surface area contributed by atoms with Gasteiger partial charge in [-0.15, -0.1) is 8.58 Å². The highest BCUT2D eigenvalue weighted by molar-refractivity contribution is 9.11. The van der Waals surface area contributed by atoms with E-state index in [1.54, 1.807) is 19.9 Å². The van der Waals surface area contributed by atoms with Crippen LogP contribution in [0.2, 0.25) is 0 Å². The fourth-order valence-corrected chi connectivity index (χ4v) is 4.77. The maximum atomic E-state index is 12.6. The van der Waals surface area contributed by atoms with Crippen LogP contribution in [0.25, 0.3) is 0 Å². The minimum atomic E-state index is -0.507. The van der Waals surface area contributed by atoms with E-state index in [9.17, 15) is 14.7 Å². The molecule has 9 heteroatoms. The highest BCUT2D eigenvalue weighted by Crippen LogP contribution is 2.39. The second kappa shape index (κ2) is 11.7. The van der Waals surface area contributed by atoms with Gasteiger partial charge in [-0.3, -0.25) is 9.59 Å². The van der Waals surface area contributed by atoms with Gasteiger partial charge in [-0.1, -0.05) is 0 Å². The van der Waals surface area contributed by atoms with Crippen molar-refractivity contribution in [1.29, 1.82) is 0 Å². The highest BCUT2D eigenvalue weighted by atomic mass is 79.9. The van der Waals surface area contributed by atoms with E-state index >= 15 is 0 Å². The van der Waals surface area contributed by atoms with Crippen molar-refractivity contribution < 1.29 is 24.2 Å². The summed E-state index contributed by atoms with van der Waals surface area (Å²) in [7, 11) is 0.804. The molecule has 0 spiro atoms. The number of benzene rings is 2. The molecular weight excluding hydrogens is 537 g/mol. The number of rotatable bonds is 9. The number of carbonyl (C=O) groups excluding carboxylic acids is 2. The Balaban J connectivity index is 2.17. The van der Waals surface area contributed by atoms with E-state index in [1.807, 2.05) is 12.1 Å². The third-order valence-corrected chi connectivity index (χ3v) is 5.97. The first-order chi connectivity index (χ1) is 14.2. The average molecular weight is 561 g/mol. The lowest BCUT2D eigenvalue weighted by molar-refractivity contribution is -0.143. The number of amides is 1. The minimum absolute atomic E-state index is 0.0428. The second-order valence-corrected chi connectivity index (χ2v) is 9.35. The van der Waals surface area contributed by atoms with Gasteiger partial charge in [0.2, 0.25) is 0 Å². The molecule has 2 rings (SSSR count). The second-order valence-electron chi connectivity index (χ2n) is 6.58. The van der Waals surface area contributed by atoms with E-state index < -0.39 is 17.9 Å². The number of hydrogen-bond acceptors (Lipinski definition) is 5. The Morgan fingerprint density at radius 3 is 2.47 bits per heavy atom. The van der Waals surface area contributed by atoms with Gasteiger partial charge in [-0.2, -0.15) is 0 Å². The van der Waals surface area contributed by atoms with Crippen LogP contribution in [0, 0.1) is 0 Å². The molecule has 0 aliphatic rings. The molecule has 0 fully saturated rings. The smallest absolute Gasteiger partial charge is 0.307 e. The Hall–Kier alpha value is -1.63. The van der Waals surface area contributed by atoms with Crippen molar-refractivity contribution in [3.63, 3.8) is 0 Å². The maximum absolute atomic E-state index is 12.6. The Kier molecular flexibility index (Phi) is 9.59. The van der Waals surface area contributed by atoms with E-state index in [-0.39, 0.29) is 24.3 Å². The summed E-state index contributed by atoms with van der Waals surface area (Å²) >= 11 is 7.06. The van der Waals surface area contributed by atoms with Gasteiger partial charge in [-0.05, 0) is 94.4 Å². The lowest BCUT2D eigenvalue weighted by Crippen LogP contribution is -2.34. The molecule has 2 atom stereocenters. The van der Waals surface area contributed by atoms with E-state index in [4.69, 9.17) is 9.47 Å². The first-order valence-electron chi connectivity index (χ1n) is 9.35. The molecule has 2 unspecified atom stereocenters. The third-order valence-electron chi connectivity index (χ3n) is 4.03. The quantitative estimate of drug-likeness (QED) is 0.308. The van der Waals surface area contributed by atoms with E-state index in [1.165, 1.54) is 17.7 Å². The van der Waals surface area contributed by atoms with Crippen molar-refractivity contribution in [3.05, 3.63) is 50.4 Å². The predicted octanol–water partition coefficient (Wildman–Crippen LogP) is 5.59. The molecule has 0 aliphatic heterocycles. The van der Waals surface area contributed by atoms with Crippen LogP contribution in [0.1, 0.15) is 36.2 Å². The number of halogens is 2. The molecule has 0 saturated heterocycles. The molecule has 30 heavy (non-hydrogen) atoms.